The van der Waals surface area contributed by atoms with Crippen LogP contribution in [-0.4, -0.2) is 25.2 Å². The number of hydrogen-bond acceptors (Lipinski definition) is 4. The highest BCUT2D eigenvalue weighted by atomic mass is 16.5. The molecule has 5 heteroatoms. The van der Waals surface area contributed by atoms with E-state index in [1.54, 1.807) is 7.11 Å². The molecule has 0 aliphatic carbocycles. The molecule has 2 aromatic carbocycles. The van der Waals surface area contributed by atoms with E-state index in [9.17, 15) is 4.79 Å². The van der Waals surface area contributed by atoms with Crippen LogP contribution < -0.4 is 19.5 Å². The maximum absolute atomic E-state index is 12.7. The third-order valence-electron chi connectivity index (χ3n) is 5.16. The van der Waals surface area contributed by atoms with Crippen LogP contribution in [0.25, 0.3) is 0 Å². The second-order valence-corrected chi connectivity index (χ2v) is 8.57. The van der Waals surface area contributed by atoms with Crippen molar-refractivity contribution < 1.29 is 19.0 Å². The second kappa shape index (κ2) is 8.36. The van der Waals surface area contributed by atoms with Gasteiger partial charge in [-0.3, -0.25) is 4.79 Å². The Bertz CT molecular complexity index is 888. The maximum Gasteiger partial charge on any atom is 0.258 e. The minimum absolute atomic E-state index is 0.0214. The molecule has 0 fully saturated rings. The average molecular weight is 398 g/mol. The van der Waals surface area contributed by atoms with Gasteiger partial charge in [-0.1, -0.05) is 26.0 Å². The molecule has 29 heavy (non-hydrogen) atoms. The molecule has 0 bridgehead atoms. The largest absolute Gasteiger partial charge is 0.497 e. The summed E-state index contributed by atoms with van der Waals surface area (Å²) in [4.78, 5) is 12.7. The fourth-order valence-corrected chi connectivity index (χ4v) is 3.71. The van der Waals surface area contributed by atoms with Gasteiger partial charge in [0.2, 0.25) is 0 Å². The molecule has 3 rings (SSSR count). The lowest BCUT2D eigenvalue weighted by Crippen LogP contribution is -2.42. The van der Waals surface area contributed by atoms with Crippen LogP contribution in [0.4, 0.5) is 0 Å². The van der Waals surface area contributed by atoms with Crippen LogP contribution in [-0.2, 0) is 4.79 Å². The van der Waals surface area contributed by atoms with E-state index < -0.39 is 0 Å². The Morgan fingerprint density at radius 1 is 1.24 bits per heavy atom. The van der Waals surface area contributed by atoms with Crippen LogP contribution in [0.15, 0.2) is 36.4 Å². The number of methoxy groups -OCH3 is 1. The van der Waals surface area contributed by atoms with Gasteiger partial charge >= 0.3 is 0 Å². The SMILES string of the molecule is COc1ccc2c(c1)OC(C)(C)C[C@@H]2NC(=O)COc1cc(C)ccc1C(C)C. The first kappa shape index (κ1) is 21.0. The number of aryl methyl sites for hydroxylation is 1. The average Bonchev–Trinajstić information content (AvgIpc) is 2.64. The van der Waals surface area contributed by atoms with Crippen molar-refractivity contribution in [1.29, 1.82) is 0 Å². The minimum atomic E-state index is -0.389. The van der Waals surface area contributed by atoms with Gasteiger partial charge in [-0.15, -0.1) is 0 Å². The topological polar surface area (TPSA) is 56.8 Å². The Hall–Kier alpha value is -2.69. The molecule has 0 radical (unpaired) electrons. The fourth-order valence-electron chi connectivity index (χ4n) is 3.71. The molecule has 1 heterocycles. The Balaban J connectivity index is 1.72. The number of fused-ring (bicyclic) bond motifs is 1. The molecule has 0 spiro atoms. The van der Waals surface area contributed by atoms with E-state index in [-0.39, 0.29) is 24.2 Å². The van der Waals surface area contributed by atoms with Crippen molar-refractivity contribution in [3.05, 3.63) is 53.1 Å². The minimum Gasteiger partial charge on any atom is -0.497 e. The first-order chi connectivity index (χ1) is 13.7. The van der Waals surface area contributed by atoms with Crippen LogP contribution in [0.1, 0.15) is 62.8 Å². The molecule has 2 aromatic rings. The summed E-state index contributed by atoms with van der Waals surface area (Å²) in [6.45, 7) is 10.3. The summed E-state index contributed by atoms with van der Waals surface area (Å²) < 4.78 is 17.3. The van der Waals surface area contributed by atoms with Gasteiger partial charge in [0.15, 0.2) is 6.61 Å². The van der Waals surface area contributed by atoms with E-state index in [2.05, 4.69) is 31.3 Å². The number of hydrogen-bond donors (Lipinski definition) is 1. The van der Waals surface area contributed by atoms with Gasteiger partial charge in [0.1, 0.15) is 22.8 Å². The fraction of sp³-hybridized carbons (Fsp3) is 0.458. The number of rotatable bonds is 6. The van der Waals surface area contributed by atoms with E-state index in [1.807, 2.05) is 45.0 Å². The zero-order valence-electron chi connectivity index (χ0n) is 18.2. The molecular weight excluding hydrogens is 366 g/mol. The van der Waals surface area contributed by atoms with Crippen molar-refractivity contribution in [3.63, 3.8) is 0 Å². The van der Waals surface area contributed by atoms with Gasteiger partial charge in [-0.2, -0.15) is 0 Å². The summed E-state index contributed by atoms with van der Waals surface area (Å²) in [5.41, 5.74) is 2.78. The number of nitrogens with one attached hydrogen (secondary N) is 1. The summed E-state index contributed by atoms with van der Waals surface area (Å²) in [6.07, 6.45) is 0.680. The van der Waals surface area contributed by atoms with E-state index in [4.69, 9.17) is 14.2 Å². The Labute approximate surface area is 173 Å². The molecule has 5 nitrogen and oxygen atoms in total. The molecule has 1 aliphatic rings. The van der Waals surface area contributed by atoms with Crippen molar-refractivity contribution in [2.75, 3.05) is 13.7 Å². The lowest BCUT2D eigenvalue weighted by Gasteiger charge is -2.38. The maximum atomic E-state index is 12.7. The van der Waals surface area contributed by atoms with E-state index in [0.29, 0.717) is 12.3 Å². The molecule has 0 saturated heterocycles. The molecule has 0 aromatic heterocycles. The first-order valence-corrected chi connectivity index (χ1v) is 10.1. The molecule has 156 valence electrons. The summed E-state index contributed by atoms with van der Waals surface area (Å²) in [7, 11) is 1.63. The quantitative estimate of drug-likeness (QED) is 0.751. The monoisotopic (exact) mass is 397 g/mol. The molecule has 1 atom stereocenters. The predicted molar refractivity (Wildman–Crippen MR) is 114 cm³/mol. The molecule has 0 saturated carbocycles. The molecule has 1 N–H and O–H groups in total. The number of carbonyl (C=O) groups is 1. The summed E-state index contributed by atoms with van der Waals surface area (Å²) in [5.74, 6) is 2.42. The zero-order chi connectivity index (χ0) is 21.2. The molecule has 0 unspecified atom stereocenters. The van der Waals surface area contributed by atoms with Gasteiger partial charge in [0, 0.05) is 18.1 Å². The van der Waals surface area contributed by atoms with Crippen molar-refractivity contribution >= 4 is 5.91 Å². The summed E-state index contributed by atoms with van der Waals surface area (Å²) >= 11 is 0. The molecule has 1 aliphatic heterocycles. The summed E-state index contributed by atoms with van der Waals surface area (Å²) in [5, 5.41) is 3.12. The smallest absolute Gasteiger partial charge is 0.258 e. The highest BCUT2D eigenvalue weighted by Gasteiger charge is 2.34. The van der Waals surface area contributed by atoms with Gasteiger partial charge in [-0.05, 0) is 56.0 Å². The van der Waals surface area contributed by atoms with Crippen LogP contribution in [0, 0.1) is 6.92 Å². The van der Waals surface area contributed by atoms with Gasteiger partial charge in [-0.25, -0.2) is 0 Å². The third-order valence-corrected chi connectivity index (χ3v) is 5.16. The van der Waals surface area contributed by atoms with Crippen LogP contribution in [0.2, 0.25) is 0 Å². The highest BCUT2D eigenvalue weighted by Crippen LogP contribution is 2.41. The Morgan fingerprint density at radius 3 is 2.69 bits per heavy atom. The standard InChI is InChI=1S/C24H31NO4/c1-15(2)18-9-7-16(3)11-21(18)28-14-23(26)25-20-13-24(4,5)29-22-12-17(27-6)8-10-19(20)22/h7-12,15,20H,13-14H2,1-6H3,(H,25,26)/t20-/m0/s1. The van der Waals surface area contributed by atoms with Crippen molar-refractivity contribution in [2.24, 2.45) is 0 Å². The highest BCUT2D eigenvalue weighted by molar-refractivity contribution is 5.78. The number of amides is 1. The second-order valence-electron chi connectivity index (χ2n) is 8.57. The zero-order valence-corrected chi connectivity index (χ0v) is 18.2. The predicted octanol–water partition coefficient (Wildman–Crippen LogP) is 4.92. The Morgan fingerprint density at radius 2 is 2.00 bits per heavy atom. The van der Waals surface area contributed by atoms with Crippen molar-refractivity contribution in [1.82, 2.24) is 5.32 Å². The van der Waals surface area contributed by atoms with Crippen LogP contribution in [0.3, 0.4) is 0 Å². The third kappa shape index (κ3) is 5.03. The van der Waals surface area contributed by atoms with Crippen molar-refractivity contribution in [3.8, 4) is 17.2 Å². The lowest BCUT2D eigenvalue weighted by atomic mass is 9.89. The molecular formula is C24H31NO4. The van der Waals surface area contributed by atoms with E-state index in [0.717, 1.165) is 33.9 Å². The van der Waals surface area contributed by atoms with Gasteiger partial charge < -0.3 is 19.5 Å². The molecule has 1 amide bonds. The number of benzene rings is 2. The number of ether oxygens (including phenoxy) is 3. The van der Waals surface area contributed by atoms with E-state index >= 15 is 0 Å². The van der Waals surface area contributed by atoms with E-state index in [1.165, 1.54) is 0 Å². The number of carbonyl (C=O) groups excluding carboxylic acids is 1. The Kier molecular flexibility index (Phi) is 6.06. The summed E-state index contributed by atoms with van der Waals surface area (Å²) in [6, 6.07) is 11.7. The van der Waals surface area contributed by atoms with Crippen molar-refractivity contribution in [2.45, 2.75) is 58.6 Å². The van der Waals surface area contributed by atoms with Gasteiger partial charge in [0.25, 0.3) is 5.91 Å². The lowest BCUT2D eigenvalue weighted by molar-refractivity contribution is -0.124. The van der Waals surface area contributed by atoms with Crippen LogP contribution in [0.5, 0.6) is 17.2 Å². The normalized spacial score (nSPS) is 17.3. The first-order valence-electron chi connectivity index (χ1n) is 10.1. The van der Waals surface area contributed by atoms with Gasteiger partial charge in [0.05, 0.1) is 13.2 Å². The van der Waals surface area contributed by atoms with Crippen LogP contribution >= 0.6 is 0 Å².